The molecule has 0 radical (unpaired) electrons. The fourth-order valence-corrected chi connectivity index (χ4v) is 2.55. The van der Waals surface area contributed by atoms with Crippen LogP contribution in [-0.4, -0.2) is 5.97 Å². The smallest absolute Gasteiger partial charge is 0.308 e. The summed E-state index contributed by atoms with van der Waals surface area (Å²) in [5.41, 5.74) is 0. The van der Waals surface area contributed by atoms with Gasteiger partial charge in [0.15, 0.2) is 0 Å². The molecule has 0 atom stereocenters. The molecule has 3 heteroatoms. The highest BCUT2D eigenvalue weighted by Crippen LogP contribution is 2.38. The molecule has 0 spiro atoms. The van der Waals surface area contributed by atoms with Gasteiger partial charge in [-0.3, -0.25) is 4.79 Å². The van der Waals surface area contributed by atoms with Crippen molar-refractivity contribution in [1.82, 2.24) is 0 Å². The fourth-order valence-electron chi connectivity index (χ4n) is 2.28. The van der Waals surface area contributed by atoms with Crippen LogP contribution >= 0.6 is 11.6 Å². The van der Waals surface area contributed by atoms with E-state index in [4.69, 9.17) is 16.3 Å². The number of fused-ring (bicyclic) bond motifs is 2. The maximum Gasteiger partial charge on any atom is 0.308 e. The molecule has 0 amide bonds. The molecule has 0 aliphatic carbocycles. The maximum absolute atomic E-state index is 11.3. The standard InChI is InChI=1S/C16H11ClO2/c1-10(18)19-16-13-7-3-2-5-11(13)9-12-6-4-8-14(17)15(12)16/h2-9H,1H3. The van der Waals surface area contributed by atoms with Gasteiger partial charge < -0.3 is 4.74 Å². The summed E-state index contributed by atoms with van der Waals surface area (Å²) in [6.07, 6.45) is 0. The second-order valence-electron chi connectivity index (χ2n) is 4.36. The number of esters is 1. The van der Waals surface area contributed by atoms with Gasteiger partial charge in [-0.25, -0.2) is 0 Å². The summed E-state index contributed by atoms with van der Waals surface area (Å²) < 4.78 is 5.40. The first-order valence-electron chi connectivity index (χ1n) is 5.95. The average Bonchev–Trinajstić information content (AvgIpc) is 2.38. The van der Waals surface area contributed by atoms with Crippen molar-refractivity contribution < 1.29 is 9.53 Å². The number of rotatable bonds is 1. The summed E-state index contributed by atoms with van der Waals surface area (Å²) in [5.74, 6) is 0.184. The van der Waals surface area contributed by atoms with Gasteiger partial charge in [0, 0.05) is 17.7 Å². The van der Waals surface area contributed by atoms with Crippen LogP contribution in [-0.2, 0) is 4.79 Å². The zero-order valence-electron chi connectivity index (χ0n) is 10.3. The van der Waals surface area contributed by atoms with Crippen molar-refractivity contribution in [3.8, 4) is 5.75 Å². The van der Waals surface area contributed by atoms with E-state index in [-0.39, 0.29) is 5.97 Å². The third kappa shape index (κ3) is 2.04. The van der Waals surface area contributed by atoms with Gasteiger partial charge in [-0.15, -0.1) is 0 Å². The molecule has 0 aliphatic heterocycles. The Morgan fingerprint density at radius 2 is 1.79 bits per heavy atom. The van der Waals surface area contributed by atoms with E-state index in [1.807, 2.05) is 42.5 Å². The zero-order chi connectivity index (χ0) is 13.4. The summed E-state index contributed by atoms with van der Waals surface area (Å²) in [6.45, 7) is 1.39. The van der Waals surface area contributed by atoms with Gasteiger partial charge in [0.2, 0.25) is 0 Å². The van der Waals surface area contributed by atoms with Gasteiger partial charge in [0.05, 0.1) is 5.02 Å². The topological polar surface area (TPSA) is 26.3 Å². The third-order valence-corrected chi connectivity index (χ3v) is 3.35. The number of hydrogen-bond acceptors (Lipinski definition) is 2. The highest BCUT2D eigenvalue weighted by Gasteiger charge is 2.13. The fraction of sp³-hybridized carbons (Fsp3) is 0.0625. The summed E-state index contributed by atoms with van der Waals surface area (Å²) in [4.78, 5) is 11.3. The maximum atomic E-state index is 11.3. The Hall–Kier alpha value is -2.06. The van der Waals surface area contributed by atoms with Crippen LogP contribution in [0.4, 0.5) is 0 Å². The van der Waals surface area contributed by atoms with Crippen molar-refractivity contribution >= 4 is 39.1 Å². The van der Waals surface area contributed by atoms with Crippen LogP contribution < -0.4 is 4.74 Å². The summed E-state index contributed by atoms with van der Waals surface area (Å²) in [7, 11) is 0. The second-order valence-corrected chi connectivity index (χ2v) is 4.77. The molecule has 0 fully saturated rings. The molecule has 0 saturated carbocycles. The molecule has 3 aromatic carbocycles. The molecular weight excluding hydrogens is 260 g/mol. The number of carbonyl (C=O) groups is 1. The van der Waals surface area contributed by atoms with Crippen LogP contribution in [0.5, 0.6) is 5.75 Å². The van der Waals surface area contributed by atoms with E-state index in [9.17, 15) is 4.79 Å². The summed E-state index contributed by atoms with van der Waals surface area (Å²) in [5, 5.41) is 4.23. The normalized spacial score (nSPS) is 10.8. The van der Waals surface area contributed by atoms with E-state index in [0.717, 1.165) is 21.5 Å². The van der Waals surface area contributed by atoms with Crippen LogP contribution in [0.15, 0.2) is 48.5 Å². The molecule has 0 heterocycles. The molecule has 0 bridgehead atoms. The van der Waals surface area contributed by atoms with Gasteiger partial charge in [-0.05, 0) is 22.9 Å². The van der Waals surface area contributed by atoms with Gasteiger partial charge in [0.1, 0.15) is 5.75 Å². The largest absolute Gasteiger partial charge is 0.425 e. The minimum Gasteiger partial charge on any atom is -0.425 e. The lowest BCUT2D eigenvalue weighted by Gasteiger charge is -2.11. The number of ether oxygens (including phenoxy) is 1. The molecule has 0 unspecified atom stereocenters. The molecule has 0 N–H and O–H groups in total. The molecular formula is C16H11ClO2. The number of carbonyl (C=O) groups excluding carboxylic acids is 1. The molecule has 0 aromatic heterocycles. The highest BCUT2D eigenvalue weighted by molar-refractivity contribution is 6.37. The predicted molar refractivity (Wildman–Crippen MR) is 77.8 cm³/mol. The average molecular weight is 271 g/mol. The third-order valence-electron chi connectivity index (χ3n) is 3.04. The quantitative estimate of drug-likeness (QED) is 0.368. The monoisotopic (exact) mass is 270 g/mol. The molecule has 94 valence electrons. The van der Waals surface area contributed by atoms with E-state index in [2.05, 4.69) is 0 Å². The lowest BCUT2D eigenvalue weighted by Crippen LogP contribution is -2.02. The number of benzene rings is 3. The summed E-state index contributed by atoms with van der Waals surface area (Å²) in [6, 6.07) is 15.5. The first-order valence-corrected chi connectivity index (χ1v) is 6.33. The lowest BCUT2D eigenvalue weighted by atomic mass is 10.0. The van der Waals surface area contributed by atoms with Gasteiger partial charge >= 0.3 is 5.97 Å². The zero-order valence-corrected chi connectivity index (χ0v) is 11.1. The molecule has 2 nitrogen and oxygen atoms in total. The Kier molecular flexibility index (Phi) is 2.88. The van der Waals surface area contributed by atoms with Crippen LogP contribution in [0.2, 0.25) is 5.02 Å². The highest BCUT2D eigenvalue weighted by atomic mass is 35.5. The Balaban J connectivity index is 2.50. The van der Waals surface area contributed by atoms with Crippen molar-refractivity contribution in [2.45, 2.75) is 6.92 Å². The molecule has 3 rings (SSSR count). The van der Waals surface area contributed by atoms with Crippen molar-refractivity contribution in [1.29, 1.82) is 0 Å². The van der Waals surface area contributed by atoms with Gasteiger partial charge in [-0.2, -0.15) is 0 Å². The number of hydrogen-bond donors (Lipinski definition) is 0. The van der Waals surface area contributed by atoms with Gasteiger partial charge in [0.25, 0.3) is 0 Å². The molecule has 3 aromatic rings. The van der Waals surface area contributed by atoms with E-state index in [0.29, 0.717) is 10.8 Å². The Bertz CT molecular complexity index is 793. The van der Waals surface area contributed by atoms with Gasteiger partial charge in [-0.1, -0.05) is 48.0 Å². The van der Waals surface area contributed by atoms with Crippen molar-refractivity contribution in [3.63, 3.8) is 0 Å². The Labute approximate surface area is 115 Å². The van der Waals surface area contributed by atoms with Crippen LogP contribution in [0, 0.1) is 0 Å². The Morgan fingerprint density at radius 3 is 2.58 bits per heavy atom. The van der Waals surface area contributed by atoms with Crippen molar-refractivity contribution in [3.05, 3.63) is 53.6 Å². The predicted octanol–water partition coefficient (Wildman–Crippen LogP) is 4.57. The van der Waals surface area contributed by atoms with Crippen molar-refractivity contribution in [2.24, 2.45) is 0 Å². The first-order chi connectivity index (χ1) is 9.16. The second kappa shape index (κ2) is 4.56. The van der Waals surface area contributed by atoms with E-state index in [1.165, 1.54) is 6.92 Å². The Morgan fingerprint density at radius 1 is 1.05 bits per heavy atom. The van der Waals surface area contributed by atoms with E-state index < -0.39 is 0 Å². The molecule has 0 saturated heterocycles. The minimum atomic E-state index is -0.349. The van der Waals surface area contributed by atoms with E-state index in [1.54, 1.807) is 6.07 Å². The first kappa shape index (κ1) is 12.0. The van der Waals surface area contributed by atoms with Crippen LogP contribution in [0.25, 0.3) is 21.5 Å². The van der Waals surface area contributed by atoms with Crippen LogP contribution in [0.1, 0.15) is 6.92 Å². The molecule has 0 aliphatic rings. The van der Waals surface area contributed by atoms with Crippen molar-refractivity contribution in [2.75, 3.05) is 0 Å². The minimum absolute atomic E-state index is 0.349. The lowest BCUT2D eigenvalue weighted by molar-refractivity contribution is -0.131. The van der Waals surface area contributed by atoms with E-state index >= 15 is 0 Å². The van der Waals surface area contributed by atoms with Crippen LogP contribution in [0.3, 0.4) is 0 Å². The number of halogens is 1. The molecule has 19 heavy (non-hydrogen) atoms. The SMILES string of the molecule is CC(=O)Oc1c2ccccc2cc2cccc(Cl)c12. The summed E-state index contributed by atoms with van der Waals surface area (Å²) >= 11 is 6.25.